The number of hydrogen-bond acceptors (Lipinski definition) is 7. The van der Waals surface area contributed by atoms with Gasteiger partial charge in [0, 0.05) is 17.5 Å². The number of rotatable bonds is 5. The molecule has 0 bridgehead atoms. The molecule has 4 aromatic heterocycles. The van der Waals surface area contributed by atoms with Crippen LogP contribution >= 0.6 is 0 Å². The van der Waals surface area contributed by atoms with Crippen LogP contribution in [0.4, 0.5) is 10.3 Å². The second kappa shape index (κ2) is 8.45. The molecule has 170 valence electrons. The Morgan fingerprint density at radius 1 is 1.12 bits per heavy atom. The molecule has 4 heterocycles. The number of pyridine rings is 1. The predicted octanol–water partition coefficient (Wildman–Crippen LogP) is 1.40. The van der Waals surface area contributed by atoms with Gasteiger partial charge in [0.05, 0.1) is 30.1 Å². The Morgan fingerprint density at radius 3 is 2.62 bits per heavy atom. The van der Waals surface area contributed by atoms with Gasteiger partial charge in [-0.05, 0) is 61.0 Å². The van der Waals surface area contributed by atoms with E-state index in [1.807, 2.05) is 6.07 Å². The number of anilines is 1. The van der Waals surface area contributed by atoms with E-state index in [0.717, 1.165) is 0 Å². The van der Waals surface area contributed by atoms with Gasteiger partial charge in [-0.3, -0.25) is 10.7 Å². The average molecular weight is 459 g/mol. The van der Waals surface area contributed by atoms with E-state index in [0.29, 0.717) is 45.1 Å². The number of aryl methyl sites for hydroxylation is 1. The Morgan fingerprint density at radius 2 is 1.91 bits per heavy atom. The number of aliphatic hydroxyl groups is 1. The maximum atomic E-state index is 13.6. The minimum absolute atomic E-state index is 0.0571. The van der Waals surface area contributed by atoms with Crippen LogP contribution in [0.25, 0.3) is 28.0 Å². The number of aliphatic hydroxyl groups excluding tert-OH is 1. The Labute approximate surface area is 192 Å². The first kappa shape index (κ1) is 21.3. The Balaban J connectivity index is 1.83. The summed E-state index contributed by atoms with van der Waals surface area (Å²) in [5.41, 5.74) is 10.2. The van der Waals surface area contributed by atoms with Gasteiger partial charge in [0.25, 0.3) is 0 Å². The maximum absolute atomic E-state index is 13.6. The first-order valence-electron chi connectivity index (χ1n) is 10.4. The number of halogens is 1. The molecule has 0 fully saturated rings. The van der Waals surface area contributed by atoms with Crippen molar-refractivity contribution in [2.45, 2.75) is 20.1 Å². The number of nitrogen functional groups attached to an aromatic ring is 1. The van der Waals surface area contributed by atoms with Crippen molar-refractivity contribution in [1.82, 2.24) is 29.4 Å². The summed E-state index contributed by atoms with van der Waals surface area (Å²) in [6.07, 6.45) is 1.54. The van der Waals surface area contributed by atoms with Crippen molar-refractivity contribution in [2.75, 3.05) is 5.73 Å². The highest BCUT2D eigenvalue weighted by molar-refractivity contribution is 5.88. The van der Waals surface area contributed by atoms with E-state index in [4.69, 9.17) is 5.73 Å². The van der Waals surface area contributed by atoms with Gasteiger partial charge >= 0.3 is 11.6 Å². The summed E-state index contributed by atoms with van der Waals surface area (Å²) in [6, 6.07) is 12.9. The molecule has 0 aliphatic rings. The number of aromatic nitrogens is 7. The van der Waals surface area contributed by atoms with Crippen LogP contribution in [0.5, 0.6) is 0 Å². The molecule has 0 atom stereocenters. The first-order valence-corrected chi connectivity index (χ1v) is 10.4. The third kappa shape index (κ3) is 3.77. The van der Waals surface area contributed by atoms with Crippen LogP contribution in [0.2, 0.25) is 0 Å². The summed E-state index contributed by atoms with van der Waals surface area (Å²) in [7, 11) is 0. The Hall–Kier alpha value is -4.51. The quantitative estimate of drug-likeness (QED) is 0.405. The van der Waals surface area contributed by atoms with E-state index in [9.17, 15) is 14.3 Å². The molecule has 4 N–H and O–H groups in total. The molecule has 5 rings (SSSR count). The summed E-state index contributed by atoms with van der Waals surface area (Å²) >= 11 is 0. The van der Waals surface area contributed by atoms with Crippen molar-refractivity contribution in [3.63, 3.8) is 0 Å². The van der Waals surface area contributed by atoms with Crippen LogP contribution in [-0.2, 0) is 13.2 Å². The van der Waals surface area contributed by atoms with Crippen molar-refractivity contribution < 1.29 is 14.5 Å². The van der Waals surface area contributed by atoms with Gasteiger partial charge in [-0.15, -0.1) is 9.50 Å². The van der Waals surface area contributed by atoms with E-state index in [1.165, 1.54) is 21.2 Å². The summed E-state index contributed by atoms with van der Waals surface area (Å²) in [6.45, 7) is 1.64. The molecular weight excluding hydrogens is 439 g/mol. The summed E-state index contributed by atoms with van der Waals surface area (Å²) in [5.74, 6) is -0.326. The number of nitrogens with two attached hydrogens (primary N) is 1. The fourth-order valence-electron chi connectivity index (χ4n) is 3.89. The van der Waals surface area contributed by atoms with E-state index >= 15 is 0 Å². The molecule has 0 saturated carbocycles. The van der Waals surface area contributed by atoms with E-state index in [-0.39, 0.29) is 24.9 Å². The highest BCUT2D eigenvalue weighted by Gasteiger charge is 2.26. The Kier molecular flexibility index (Phi) is 5.30. The van der Waals surface area contributed by atoms with E-state index < -0.39 is 5.69 Å². The highest BCUT2D eigenvalue weighted by atomic mass is 19.1. The predicted molar refractivity (Wildman–Crippen MR) is 121 cm³/mol. The fraction of sp³-hybridized carbons (Fsp3) is 0.130. The molecular formula is C23H20FN8O2+. The molecule has 34 heavy (non-hydrogen) atoms. The van der Waals surface area contributed by atoms with Crippen molar-refractivity contribution >= 4 is 11.6 Å². The average Bonchev–Trinajstić information content (AvgIpc) is 3.15. The van der Waals surface area contributed by atoms with Gasteiger partial charge < -0.3 is 5.11 Å². The molecule has 0 spiro atoms. The number of nitrogens with zero attached hydrogens (tertiary/aromatic N) is 6. The molecule has 10 nitrogen and oxygen atoms in total. The lowest BCUT2D eigenvalue weighted by Gasteiger charge is -2.11. The third-order valence-electron chi connectivity index (χ3n) is 5.34. The lowest BCUT2D eigenvalue weighted by atomic mass is 9.99. The number of nitrogens with one attached hydrogen (secondary N) is 1. The largest absolute Gasteiger partial charge is 0.411 e. The number of H-pyrrole nitrogens is 1. The van der Waals surface area contributed by atoms with Crippen LogP contribution in [0, 0.1) is 12.7 Å². The molecule has 0 amide bonds. The topological polar surface area (TPSA) is 138 Å². The second-order valence-electron chi connectivity index (χ2n) is 7.73. The van der Waals surface area contributed by atoms with Crippen LogP contribution in [0.15, 0.2) is 59.5 Å². The van der Waals surface area contributed by atoms with Crippen LogP contribution in [-0.4, -0.2) is 34.5 Å². The Bertz CT molecular complexity index is 1560. The molecule has 0 unspecified atom stereocenters. The van der Waals surface area contributed by atoms with Gasteiger partial charge in [0.1, 0.15) is 11.5 Å². The lowest BCUT2D eigenvalue weighted by molar-refractivity contribution is -0.351. The molecule has 5 aromatic rings. The van der Waals surface area contributed by atoms with Gasteiger partial charge in [-0.1, -0.05) is 0 Å². The minimum Gasteiger partial charge on any atom is -0.390 e. The molecule has 0 aliphatic heterocycles. The fourth-order valence-corrected chi connectivity index (χ4v) is 3.89. The highest BCUT2D eigenvalue weighted by Crippen LogP contribution is 2.33. The maximum Gasteiger partial charge on any atom is 0.411 e. The van der Waals surface area contributed by atoms with Crippen molar-refractivity contribution in [2.24, 2.45) is 0 Å². The van der Waals surface area contributed by atoms with Gasteiger partial charge in [0.2, 0.25) is 5.65 Å². The van der Waals surface area contributed by atoms with Crippen molar-refractivity contribution in [3.05, 3.63) is 88.1 Å². The van der Waals surface area contributed by atoms with Gasteiger partial charge in [0.15, 0.2) is 0 Å². The number of hydrogen-bond donors (Lipinski definition) is 2. The molecule has 1 aromatic carbocycles. The molecule has 0 radical (unpaired) electrons. The zero-order valence-corrected chi connectivity index (χ0v) is 18.1. The van der Waals surface area contributed by atoms with E-state index in [2.05, 4.69) is 25.3 Å². The number of aromatic amines is 1. The molecule has 0 aliphatic carbocycles. The smallest absolute Gasteiger partial charge is 0.390 e. The lowest BCUT2D eigenvalue weighted by Crippen LogP contribution is -2.28. The van der Waals surface area contributed by atoms with Crippen LogP contribution < -0.4 is 16.4 Å². The zero-order valence-electron chi connectivity index (χ0n) is 18.1. The number of fused-ring (bicyclic) bond motifs is 1. The van der Waals surface area contributed by atoms with Crippen molar-refractivity contribution in [1.29, 1.82) is 0 Å². The van der Waals surface area contributed by atoms with Gasteiger partial charge in [-0.2, -0.15) is 14.9 Å². The van der Waals surface area contributed by atoms with E-state index in [1.54, 1.807) is 43.5 Å². The standard InChI is InChI=1S/C23H19FN8O2/c1-13-9-15(10-18(12-33)27-13)19-20(14-4-6-16(24)7-5-14)28-22(25)32-21(19)30-31(23(32)34)11-17-3-2-8-26-29-17/h2-10,33H,11-12H2,1H3,(H2,25,28)/p+1. The monoisotopic (exact) mass is 459 g/mol. The summed E-state index contributed by atoms with van der Waals surface area (Å²) < 4.78 is 16.2. The minimum atomic E-state index is -0.463. The van der Waals surface area contributed by atoms with Crippen LogP contribution in [0.1, 0.15) is 17.1 Å². The summed E-state index contributed by atoms with van der Waals surface area (Å²) in [4.78, 5) is 20.6. The molecule has 0 saturated heterocycles. The van der Waals surface area contributed by atoms with Crippen LogP contribution in [0.3, 0.4) is 0 Å². The normalized spacial score (nSPS) is 11.3. The van der Waals surface area contributed by atoms with Gasteiger partial charge in [-0.25, -0.2) is 14.2 Å². The first-order chi connectivity index (χ1) is 16.4. The summed E-state index contributed by atoms with van der Waals surface area (Å²) in [5, 5.41) is 22.1. The second-order valence-corrected chi connectivity index (χ2v) is 7.73. The third-order valence-corrected chi connectivity index (χ3v) is 5.34. The number of benzene rings is 1. The SMILES string of the molecule is Cc1cc(-c2c(-c3ccc(F)cc3)[nH+]c(N)n3c(=O)n(Cc4cccnn4)nc23)cc(CO)n1. The molecule has 11 heteroatoms. The zero-order chi connectivity index (χ0) is 23.8. The van der Waals surface area contributed by atoms with Crippen molar-refractivity contribution in [3.8, 4) is 22.4 Å².